The average Bonchev–Trinajstić information content (AvgIpc) is 2.56. The molecular formula is C17H25NO7S. The van der Waals surface area contributed by atoms with E-state index in [4.69, 9.17) is 13.7 Å². The largest absolute Gasteiger partial charge is 0.465 e. The number of nitrogens with one attached hydrogen (secondary N) is 1. The summed E-state index contributed by atoms with van der Waals surface area (Å²) in [5.74, 6) is -0.924. The molecule has 0 aliphatic rings. The summed E-state index contributed by atoms with van der Waals surface area (Å²) in [6.07, 6.45) is -0.908. The highest BCUT2D eigenvalue weighted by Gasteiger charge is 2.44. The number of benzene rings is 1. The van der Waals surface area contributed by atoms with Crippen molar-refractivity contribution in [3.8, 4) is 0 Å². The van der Waals surface area contributed by atoms with Gasteiger partial charge in [-0.05, 0) is 39.8 Å². The second kappa shape index (κ2) is 9.11. The predicted octanol–water partition coefficient (Wildman–Crippen LogP) is 2.07. The highest BCUT2D eigenvalue weighted by atomic mass is 32.2. The van der Waals surface area contributed by atoms with Gasteiger partial charge in [-0.25, -0.2) is 13.8 Å². The van der Waals surface area contributed by atoms with Crippen LogP contribution in [0.3, 0.4) is 0 Å². The first-order valence-corrected chi connectivity index (χ1v) is 8.87. The van der Waals surface area contributed by atoms with E-state index in [9.17, 15) is 13.8 Å². The molecule has 0 fully saturated rings. The minimum absolute atomic E-state index is 0.405. The second-order valence-electron chi connectivity index (χ2n) is 6.46. The van der Waals surface area contributed by atoms with Gasteiger partial charge in [0.25, 0.3) is 5.72 Å². The molecule has 1 aromatic carbocycles. The summed E-state index contributed by atoms with van der Waals surface area (Å²) in [4.78, 5) is 24.6. The molecule has 9 heteroatoms. The van der Waals surface area contributed by atoms with Gasteiger partial charge in [0.1, 0.15) is 12.2 Å². The molecular weight excluding hydrogens is 362 g/mol. The number of ether oxygens (including phenoxy) is 3. The fourth-order valence-corrected chi connectivity index (χ4v) is 2.59. The van der Waals surface area contributed by atoms with E-state index in [1.54, 1.807) is 45.0 Å². The number of rotatable bonds is 7. The Balaban J connectivity index is 2.92. The lowest BCUT2D eigenvalue weighted by Crippen LogP contribution is -2.60. The zero-order chi connectivity index (χ0) is 20.0. The van der Waals surface area contributed by atoms with Crippen LogP contribution in [0.5, 0.6) is 0 Å². The summed E-state index contributed by atoms with van der Waals surface area (Å²) in [6.45, 7) is 6.36. The zero-order valence-corrected chi connectivity index (χ0v) is 16.6. The van der Waals surface area contributed by atoms with E-state index < -0.39 is 41.1 Å². The molecule has 8 nitrogen and oxygen atoms in total. The Hall–Kier alpha value is -1.97. The number of amides is 1. The van der Waals surface area contributed by atoms with Crippen molar-refractivity contribution in [3.05, 3.63) is 29.8 Å². The second-order valence-corrected chi connectivity index (χ2v) is 7.64. The minimum atomic E-state index is -2.00. The third kappa shape index (κ3) is 6.40. The Kier molecular flexibility index (Phi) is 7.73. The number of esters is 1. The molecule has 1 amide bonds. The van der Waals surface area contributed by atoms with E-state index in [0.717, 1.165) is 12.7 Å². The smallest absolute Gasteiger partial charge is 0.410 e. The first kappa shape index (κ1) is 22.1. The molecule has 0 spiro atoms. The summed E-state index contributed by atoms with van der Waals surface area (Å²) < 4.78 is 32.5. The lowest BCUT2D eigenvalue weighted by molar-refractivity contribution is -0.174. The van der Waals surface area contributed by atoms with Crippen molar-refractivity contribution < 1.29 is 32.2 Å². The standard InChI is InChI=1S/C17H25NO7S/c1-12-7-9-13(10-8-12)26(21)24-11-17(23-6,14(19)22-5)18-15(20)25-16(2,3)4/h7-10H,11H2,1-6H3,(H,18,20)/t17-,26?/m1/s1. The van der Waals surface area contributed by atoms with E-state index in [1.165, 1.54) is 7.11 Å². The number of carbonyl (C=O) groups is 2. The molecule has 26 heavy (non-hydrogen) atoms. The number of alkyl carbamates (subject to hydrolysis) is 1. The topological polar surface area (TPSA) is 100 Å². The van der Waals surface area contributed by atoms with Gasteiger partial charge in [0.15, 0.2) is 11.1 Å². The summed E-state index contributed by atoms with van der Waals surface area (Å²) in [7, 11) is 2.32. The Morgan fingerprint density at radius 1 is 1.12 bits per heavy atom. The van der Waals surface area contributed by atoms with Gasteiger partial charge in [0, 0.05) is 7.11 Å². The molecule has 1 aromatic rings. The van der Waals surface area contributed by atoms with Gasteiger partial charge in [0.2, 0.25) is 0 Å². The quantitative estimate of drug-likeness (QED) is 0.565. The van der Waals surface area contributed by atoms with Gasteiger partial charge in [-0.2, -0.15) is 0 Å². The fraction of sp³-hybridized carbons (Fsp3) is 0.529. The summed E-state index contributed by atoms with van der Waals surface area (Å²) in [5.41, 5.74) is -1.79. The van der Waals surface area contributed by atoms with Crippen molar-refractivity contribution in [1.82, 2.24) is 5.32 Å². The van der Waals surface area contributed by atoms with Crippen molar-refractivity contribution in [3.63, 3.8) is 0 Å². The number of hydrogen-bond donors (Lipinski definition) is 1. The Bertz CT molecular complexity index is 654. The molecule has 0 saturated carbocycles. The van der Waals surface area contributed by atoms with Crippen LogP contribution >= 0.6 is 0 Å². The molecule has 0 radical (unpaired) electrons. The first-order valence-electron chi connectivity index (χ1n) is 7.79. The molecule has 146 valence electrons. The summed E-state index contributed by atoms with van der Waals surface area (Å²) in [6, 6.07) is 6.83. The van der Waals surface area contributed by atoms with Crippen molar-refractivity contribution >= 4 is 23.1 Å². The van der Waals surface area contributed by atoms with Crippen LogP contribution in [0, 0.1) is 6.92 Å². The fourth-order valence-electron chi connectivity index (χ4n) is 1.83. The SMILES string of the molecule is COC(=O)[C@](COS(=O)c1ccc(C)cc1)(NC(=O)OC(C)(C)C)OC. The van der Waals surface area contributed by atoms with Gasteiger partial charge in [-0.3, -0.25) is 9.50 Å². The number of hydrogen-bond acceptors (Lipinski definition) is 7. The molecule has 0 aromatic heterocycles. The van der Waals surface area contributed by atoms with Gasteiger partial charge < -0.3 is 14.2 Å². The van der Waals surface area contributed by atoms with Crippen LogP contribution in [0.2, 0.25) is 0 Å². The van der Waals surface area contributed by atoms with Gasteiger partial charge in [-0.1, -0.05) is 17.7 Å². The minimum Gasteiger partial charge on any atom is -0.465 e. The third-order valence-corrected chi connectivity index (χ3v) is 4.14. The van der Waals surface area contributed by atoms with Crippen molar-refractivity contribution in [2.24, 2.45) is 0 Å². The highest BCUT2D eigenvalue weighted by Crippen LogP contribution is 2.16. The lowest BCUT2D eigenvalue weighted by atomic mass is 10.2. The van der Waals surface area contributed by atoms with Crippen molar-refractivity contribution in [2.45, 2.75) is 43.9 Å². The van der Waals surface area contributed by atoms with Crippen LogP contribution < -0.4 is 5.32 Å². The Morgan fingerprint density at radius 3 is 2.15 bits per heavy atom. The first-order chi connectivity index (χ1) is 12.0. The molecule has 0 aliphatic heterocycles. The average molecular weight is 387 g/mol. The number of methoxy groups -OCH3 is 2. The normalized spacial score (nSPS) is 14.8. The molecule has 1 rings (SSSR count). The maximum Gasteiger partial charge on any atom is 0.410 e. The van der Waals surface area contributed by atoms with Crippen molar-refractivity contribution in [2.75, 3.05) is 20.8 Å². The maximum atomic E-state index is 12.3. The lowest BCUT2D eigenvalue weighted by Gasteiger charge is -2.30. The monoisotopic (exact) mass is 387 g/mol. The van der Waals surface area contributed by atoms with Crippen LogP contribution in [-0.4, -0.2) is 48.4 Å². The van der Waals surface area contributed by atoms with E-state index >= 15 is 0 Å². The Morgan fingerprint density at radius 2 is 1.69 bits per heavy atom. The van der Waals surface area contributed by atoms with Crippen LogP contribution in [-0.2, 0) is 34.3 Å². The Labute approximate surface area is 155 Å². The van der Waals surface area contributed by atoms with Crippen LogP contribution in [0.1, 0.15) is 26.3 Å². The van der Waals surface area contributed by atoms with Crippen molar-refractivity contribution in [1.29, 1.82) is 0 Å². The number of carbonyl (C=O) groups excluding carboxylic acids is 2. The van der Waals surface area contributed by atoms with E-state index in [-0.39, 0.29) is 0 Å². The molecule has 0 heterocycles. The van der Waals surface area contributed by atoms with Gasteiger partial charge >= 0.3 is 12.1 Å². The molecule has 0 aliphatic carbocycles. The van der Waals surface area contributed by atoms with Gasteiger partial charge in [-0.15, -0.1) is 0 Å². The third-order valence-electron chi connectivity index (χ3n) is 3.15. The molecule has 1 unspecified atom stereocenters. The van der Waals surface area contributed by atoms with E-state index in [0.29, 0.717) is 4.90 Å². The zero-order valence-electron chi connectivity index (χ0n) is 15.8. The molecule has 0 bridgehead atoms. The predicted molar refractivity (Wildman–Crippen MR) is 94.7 cm³/mol. The van der Waals surface area contributed by atoms with Crippen LogP contribution in [0.25, 0.3) is 0 Å². The van der Waals surface area contributed by atoms with E-state index in [2.05, 4.69) is 10.1 Å². The van der Waals surface area contributed by atoms with Gasteiger partial charge in [0.05, 0.1) is 12.0 Å². The molecule has 1 N–H and O–H groups in total. The highest BCUT2D eigenvalue weighted by molar-refractivity contribution is 7.80. The molecule has 2 atom stereocenters. The number of aryl methyl sites for hydroxylation is 1. The maximum absolute atomic E-state index is 12.3. The summed E-state index contributed by atoms with van der Waals surface area (Å²) in [5, 5.41) is 2.29. The molecule has 0 saturated heterocycles. The summed E-state index contributed by atoms with van der Waals surface area (Å²) >= 11 is -1.87. The van der Waals surface area contributed by atoms with Crippen LogP contribution in [0.15, 0.2) is 29.2 Å². The van der Waals surface area contributed by atoms with E-state index in [1.807, 2.05) is 6.92 Å². The van der Waals surface area contributed by atoms with Crippen LogP contribution in [0.4, 0.5) is 4.79 Å².